The van der Waals surface area contributed by atoms with Crippen molar-refractivity contribution in [2.75, 3.05) is 13.6 Å². The van der Waals surface area contributed by atoms with Gasteiger partial charge in [0.2, 0.25) is 5.96 Å². The first-order valence-corrected chi connectivity index (χ1v) is 5.14. The van der Waals surface area contributed by atoms with E-state index >= 15 is 0 Å². The van der Waals surface area contributed by atoms with Gasteiger partial charge in [-0.25, -0.2) is 10.2 Å². The van der Waals surface area contributed by atoms with Crippen LogP contribution in [0.2, 0.25) is 0 Å². The number of hydrogen-bond acceptors (Lipinski definition) is 2. The Morgan fingerprint density at radius 1 is 1.50 bits per heavy atom. The molecule has 1 rings (SSSR count). The topological polar surface area (TPSA) is 53.6 Å². The first-order valence-electron chi connectivity index (χ1n) is 5.14. The Balaban J connectivity index is 2.74. The smallest absolute Gasteiger partial charge is 0.208 e. The highest BCUT2D eigenvalue weighted by atomic mass is 19.1. The Labute approximate surface area is 94.9 Å². The van der Waals surface area contributed by atoms with Crippen LogP contribution >= 0.6 is 0 Å². The number of rotatable bonds is 3. The van der Waals surface area contributed by atoms with Gasteiger partial charge in [-0.1, -0.05) is 18.2 Å². The molecule has 0 aromatic heterocycles. The van der Waals surface area contributed by atoms with E-state index in [2.05, 4.69) is 10.4 Å². The van der Waals surface area contributed by atoms with Crippen LogP contribution in [-0.2, 0) is 6.54 Å². The summed E-state index contributed by atoms with van der Waals surface area (Å²) in [5, 5.41) is 0. The van der Waals surface area contributed by atoms with E-state index in [1.54, 1.807) is 30.1 Å². The Kier molecular flexibility index (Phi) is 4.72. The molecule has 0 aliphatic heterocycles. The molecule has 0 saturated carbocycles. The van der Waals surface area contributed by atoms with Crippen LogP contribution in [0, 0.1) is 5.82 Å². The number of benzene rings is 1. The van der Waals surface area contributed by atoms with Crippen LogP contribution in [0.5, 0.6) is 0 Å². The Morgan fingerprint density at radius 3 is 2.75 bits per heavy atom. The van der Waals surface area contributed by atoms with Gasteiger partial charge in [0.1, 0.15) is 5.82 Å². The highest BCUT2D eigenvalue weighted by Crippen LogP contribution is 2.08. The molecule has 0 saturated heterocycles. The lowest BCUT2D eigenvalue weighted by molar-refractivity contribution is 0.461. The molecule has 0 aliphatic carbocycles. The zero-order chi connectivity index (χ0) is 12.0. The van der Waals surface area contributed by atoms with Crippen molar-refractivity contribution in [1.29, 1.82) is 0 Å². The lowest BCUT2D eigenvalue weighted by Crippen LogP contribution is -2.42. The van der Waals surface area contributed by atoms with E-state index in [0.717, 1.165) is 0 Å². The molecule has 0 fully saturated rings. The molecular formula is C11H17FN4. The van der Waals surface area contributed by atoms with Crippen molar-refractivity contribution < 1.29 is 4.39 Å². The number of halogens is 1. The van der Waals surface area contributed by atoms with Gasteiger partial charge in [-0.2, -0.15) is 0 Å². The summed E-state index contributed by atoms with van der Waals surface area (Å²) in [6.45, 7) is 2.96. The van der Waals surface area contributed by atoms with Crippen LogP contribution in [0.15, 0.2) is 29.3 Å². The summed E-state index contributed by atoms with van der Waals surface area (Å²) < 4.78 is 13.4. The largest absolute Gasteiger partial charge is 0.341 e. The van der Waals surface area contributed by atoms with E-state index < -0.39 is 0 Å². The van der Waals surface area contributed by atoms with Gasteiger partial charge in [0.15, 0.2) is 0 Å². The summed E-state index contributed by atoms with van der Waals surface area (Å²) in [5.74, 6) is 5.66. The van der Waals surface area contributed by atoms with Crippen LogP contribution in [0.25, 0.3) is 0 Å². The van der Waals surface area contributed by atoms with Crippen molar-refractivity contribution in [1.82, 2.24) is 10.3 Å². The molecule has 0 heterocycles. The monoisotopic (exact) mass is 224 g/mol. The summed E-state index contributed by atoms with van der Waals surface area (Å²) in [7, 11) is 1.81. The summed E-state index contributed by atoms with van der Waals surface area (Å²) in [5.41, 5.74) is 3.11. The molecule has 3 N–H and O–H groups in total. The number of nitrogens with zero attached hydrogens (tertiary/aromatic N) is 2. The van der Waals surface area contributed by atoms with E-state index in [1.807, 2.05) is 6.92 Å². The quantitative estimate of drug-likeness (QED) is 0.350. The van der Waals surface area contributed by atoms with Crippen molar-refractivity contribution in [2.45, 2.75) is 13.5 Å². The maximum absolute atomic E-state index is 13.4. The van der Waals surface area contributed by atoms with Gasteiger partial charge in [-0.15, -0.1) is 0 Å². The standard InChI is InChI=1S/C11H17FN4/c1-3-14-11(15-13)16(2)8-9-6-4-5-7-10(9)12/h4-7H,3,8,13H2,1-2H3,(H,14,15). The molecule has 0 spiro atoms. The number of nitrogens with two attached hydrogens (primary N) is 1. The summed E-state index contributed by atoms with van der Waals surface area (Å²) in [6.07, 6.45) is 0. The molecule has 5 heteroatoms. The molecule has 1 aromatic rings. The fourth-order valence-corrected chi connectivity index (χ4v) is 1.38. The van der Waals surface area contributed by atoms with E-state index in [-0.39, 0.29) is 5.82 Å². The molecule has 0 unspecified atom stereocenters. The summed E-state index contributed by atoms with van der Waals surface area (Å²) in [6, 6.07) is 6.65. The van der Waals surface area contributed by atoms with Crippen molar-refractivity contribution >= 4 is 5.96 Å². The molecule has 0 atom stereocenters. The second-order valence-corrected chi connectivity index (χ2v) is 3.39. The molecular weight excluding hydrogens is 207 g/mol. The Hall–Kier alpha value is -1.62. The van der Waals surface area contributed by atoms with Crippen molar-refractivity contribution in [2.24, 2.45) is 10.8 Å². The maximum atomic E-state index is 13.4. The average molecular weight is 224 g/mol. The first kappa shape index (κ1) is 12.4. The average Bonchev–Trinajstić information content (AvgIpc) is 2.29. The van der Waals surface area contributed by atoms with Crippen molar-refractivity contribution in [3.8, 4) is 0 Å². The van der Waals surface area contributed by atoms with Gasteiger partial charge in [0.25, 0.3) is 0 Å². The second-order valence-electron chi connectivity index (χ2n) is 3.39. The Morgan fingerprint density at radius 2 is 2.19 bits per heavy atom. The van der Waals surface area contributed by atoms with E-state index in [1.165, 1.54) is 6.07 Å². The predicted molar refractivity (Wildman–Crippen MR) is 63.2 cm³/mol. The lowest BCUT2D eigenvalue weighted by atomic mass is 10.2. The Bertz CT molecular complexity index is 365. The molecule has 88 valence electrons. The molecule has 0 bridgehead atoms. The van der Waals surface area contributed by atoms with Crippen LogP contribution < -0.4 is 11.3 Å². The lowest BCUT2D eigenvalue weighted by Gasteiger charge is -2.20. The minimum Gasteiger partial charge on any atom is -0.341 e. The summed E-state index contributed by atoms with van der Waals surface area (Å²) >= 11 is 0. The van der Waals surface area contributed by atoms with Gasteiger partial charge >= 0.3 is 0 Å². The minimum absolute atomic E-state index is 0.220. The zero-order valence-corrected chi connectivity index (χ0v) is 9.57. The van der Waals surface area contributed by atoms with Gasteiger partial charge in [0, 0.05) is 25.7 Å². The maximum Gasteiger partial charge on any atom is 0.208 e. The molecule has 0 aliphatic rings. The number of hydrazine groups is 1. The van der Waals surface area contributed by atoms with Crippen molar-refractivity contribution in [3.05, 3.63) is 35.6 Å². The predicted octanol–water partition coefficient (Wildman–Crippen LogP) is 1.10. The fourth-order valence-electron chi connectivity index (χ4n) is 1.38. The normalized spacial score (nSPS) is 11.4. The number of hydrogen-bond donors (Lipinski definition) is 2. The third-order valence-corrected chi connectivity index (χ3v) is 2.16. The fraction of sp³-hybridized carbons (Fsp3) is 0.364. The summed E-state index contributed by atoms with van der Waals surface area (Å²) in [4.78, 5) is 5.92. The SMILES string of the molecule is CCN=C(NN)N(C)Cc1ccccc1F. The molecule has 1 aromatic carbocycles. The third kappa shape index (κ3) is 3.20. The number of guanidine groups is 1. The van der Waals surface area contributed by atoms with Gasteiger partial charge < -0.3 is 4.90 Å². The van der Waals surface area contributed by atoms with Crippen LogP contribution in [-0.4, -0.2) is 24.5 Å². The highest BCUT2D eigenvalue weighted by molar-refractivity contribution is 5.79. The van der Waals surface area contributed by atoms with Crippen LogP contribution in [0.3, 0.4) is 0 Å². The minimum atomic E-state index is -0.220. The highest BCUT2D eigenvalue weighted by Gasteiger charge is 2.07. The van der Waals surface area contributed by atoms with E-state index in [0.29, 0.717) is 24.6 Å². The van der Waals surface area contributed by atoms with Gasteiger partial charge in [-0.05, 0) is 13.0 Å². The number of nitrogens with one attached hydrogen (secondary N) is 1. The molecule has 4 nitrogen and oxygen atoms in total. The van der Waals surface area contributed by atoms with E-state index in [4.69, 9.17) is 5.84 Å². The van der Waals surface area contributed by atoms with Gasteiger partial charge in [0.05, 0.1) is 0 Å². The molecule has 16 heavy (non-hydrogen) atoms. The molecule has 0 amide bonds. The second kappa shape index (κ2) is 6.07. The molecule has 0 radical (unpaired) electrons. The van der Waals surface area contributed by atoms with Crippen LogP contribution in [0.4, 0.5) is 4.39 Å². The van der Waals surface area contributed by atoms with Crippen LogP contribution in [0.1, 0.15) is 12.5 Å². The van der Waals surface area contributed by atoms with E-state index in [9.17, 15) is 4.39 Å². The zero-order valence-electron chi connectivity index (χ0n) is 9.57. The number of aliphatic imine (C=N–C) groups is 1. The van der Waals surface area contributed by atoms with Crippen molar-refractivity contribution in [3.63, 3.8) is 0 Å². The first-order chi connectivity index (χ1) is 7.69. The van der Waals surface area contributed by atoms with Gasteiger partial charge in [-0.3, -0.25) is 10.4 Å². The third-order valence-electron chi connectivity index (χ3n) is 2.16.